The summed E-state index contributed by atoms with van der Waals surface area (Å²) in [4.78, 5) is 23.1. The molecule has 1 fully saturated rings. The number of para-hydroxylation sites is 2. The van der Waals surface area contributed by atoms with Gasteiger partial charge in [-0.2, -0.15) is 5.10 Å². The second-order valence-electron chi connectivity index (χ2n) is 10.7. The molecule has 2 aromatic heterocycles. The van der Waals surface area contributed by atoms with Crippen molar-refractivity contribution in [2.45, 2.75) is 32.5 Å². The van der Waals surface area contributed by atoms with Gasteiger partial charge in [0, 0.05) is 49.7 Å². The minimum absolute atomic E-state index is 0.0127. The predicted octanol–water partition coefficient (Wildman–Crippen LogP) is 3.85. The van der Waals surface area contributed by atoms with Gasteiger partial charge in [-0.05, 0) is 43.3 Å². The average Bonchev–Trinajstić information content (AvgIpc) is 3.47. The van der Waals surface area contributed by atoms with E-state index in [2.05, 4.69) is 16.1 Å². The molecular weight excluding hydrogens is 550 g/mol. The molecule has 0 bridgehead atoms. The first-order valence-corrected chi connectivity index (χ1v) is 14.6. The number of rotatable bonds is 10. The molecule has 43 heavy (non-hydrogen) atoms. The van der Waals surface area contributed by atoms with Crippen LogP contribution in [-0.2, 0) is 22.6 Å². The summed E-state index contributed by atoms with van der Waals surface area (Å²) in [6, 6.07) is 15.3. The first-order chi connectivity index (χ1) is 21.0. The maximum atomic E-state index is 13.9. The van der Waals surface area contributed by atoms with E-state index in [-0.39, 0.29) is 18.4 Å². The van der Waals surface area contributed by atoms with Crippen molar-refractivity contribution < 1.29 is 28.5 Å². The van der Waals surface area contributed by atoms with E-state index in [0.717, 1.165) is 22.5 Å². The fraction of sp³-hybridized carbons (Fsp3) is 0.406. The number of methoxy groups -OCH3 is 2. The molecule has 1 amide bonds. The number of amides is 1. The molecule has 2 aliphatic rings. The first-order valence-electron chi connectivity index (χ1n) is 14.6. The highest BCUT2D eigenvalue weighted by atomic mass is 16.6. The summed E-state index contributed by atoms with van der Waals surface area (Å²) in [6.07, 6.45) is 1.85. The van der Waals surface area contributed by atoms with Crippen LogP contribution in [0.1, 0.15) is 17.7 Å². The topological polar surface area (TPSA) is 100 Å². The van der Waals surface area contributed by atoms with Gasteiger partial charge in [-0.15, -0.1) is 0 Å². The lowest BCUT2D eigenvalue weighted by molar-refractivity contribution is -0.133. The number of carbonyl (C=O) groups is 1. The summed E-state index contributed by atoms with van der Waals surface area (Å²) in [7, 11) is 3.28. The van der Waals surface area contributed by atoms with Gasteiger partial charge in [0.25, 0.3) is 0 Å². The standard InChI is InChI=1S/C32H37N5O6/c1-22-10-12-37(34-22)13-11-30(38)36(20-24-21-42-27-6-4-5-7-28(27)43-24)19-23-18-25-26(39-2)8-9-29(40-3)31(25)33-32(23)35-14-16-41-17-15-35/h4-10,12,18,24H,11,13-17,19-21H2,1-3H3/t24-/m1/s1. The maximum Gasteiger partial charge on any atom is 0.224 e. The summed E-state index contributed by atoms with van der Waals surface area (Å²) < 4.78 is 31.1. The molecule has 1 saturated heterocycles. The summed E-state index contributed by atoms with van der Waals surface area (Å²) >= 11 is 0. The minimum atomic E-state index is -0.333. The Labute approximate surface area is 250 Å². The third-order valence-electron chi connectivity index (χ3n) is 7.75. The Balaban J connectivity index is 1.35. The van der Waals surface area contributed by atoms with Crippen LogP contribution >= 0.6 is 0 Å². The number of nitrogens with zero attached hydrogens (tertiary/aromatic N) is 5. The van der Waals surface area contributed by atoms with Crippen molar-refractivity contribution in [2.24, 2.45) is 0 Å². The molecule has 0 radical (unpaired) electrons. The van der Waals surface area contributed by atoms with Gasteiger partial charge in [0.15, 0.2) is 17.6 Å². The SMILES string of the molecule is COc1ccc(OC)c2nc(N3CCOCC3)c(CN(C[C@@H]3COc4ccccc4O3)C(=O)CCn3ccc(C)n3)cc12. The Hall–Kier alpha value is -4.51. The van der Waals surface area contributed by atoms with Gasteiger partial charge in [-0.3, -0.25) is 9.48 Å². The van der Waals surface area contributed by atoms with Crippen molar-refractivity contribution in [1.82, 2.24) is 19.7 Å². The zero-order valence-electron chi connectivity index (χ0n) is 24.8. The van der Waals surface area contributed by atoms with E-state index in [1.54, 1.807) is 18.9 Å². The molecule has 1 atom stereocenters. The Morgan fingerprint density at radius 1 is 1.05 bits per heavy atom. The number of pyridine rings is 1. The van der Waals surface area contributed by atoms with Gasteiger partial charge in [0.1, 0.15) is 29.4 Å². The zero-order valence-corrected chi connectivity index (χ0v) is 24.8. The Morgan fingerprint density at radius 2 is 1.81 bits per heavy atom. The maximum absolute atomic E-state index is 13.9. The molecule has 2 aliphatic heterocycles. The molecule has 2 aromatic carbocycles. The van der Waals surface area contributed by atoms with Crippen molar-refractivity contribution in [3.63, 3.8) is 0 Å². The second-order valence-corrected chi connectivity index (χ2v) is 10.7. The van der Waals surface area contributed by atoms with Crippen molar-refractivity contribution in [3.8, 4) is 23.0 Å². The quantitative estimate of drug-likeness (QED) is 0.274. The van der Waals surface area contributed by atoms with Crippen LogP contribution in [0.2, 0.25) is 0 Å². The predicted molar refractivity (Wildman–Crippen MR) is 161 cm³/mol. The van der Waals surface area contributed by atoms with E-state index >= 15 is 0 Å². The van der Waals surface area contributed by atoms with Crippen LogP contribution in [0.15, 0.2) is 54.7 Å². The van der Waals surface area contributed by atoms with Crippen molar-refractivity contribution >= 4 is 22.6 Å². The monoisotopic (exact) mass is 587 g/mol. The second kappa shape index (κ2) is 12.8. The van der Waals surface area contributed by atoms with E-state index in [4.69, 9.17) is 28.7 Å². The summed E-state index contributed by atoms with van der Waals surface area (Å²) in [5.74, 6) is 3.52. The smallest absolute Gasteiger partial charge is 0.224 e. The number of aryl methyl sites for hydroxylation is 2. The van der Waals surface area contributed by atoms with Crippen molar-refractivity contribution in [3.05, 3.63) is 66.0 Å². The first kappa shape index (κ1) is 28.6. The number of anilines is 1. The number of morpholine rings is 1. The van der Waals surface area contributed by atoms with Gasteiger partial charge >= 0.3 is 0 Å². The van der Waals surface area contributed by atoms with Gasteiger partial charge in [-0.1, -0.05) is 12.1 Å². The summed E-state index contributed by atoms with van der Waals surface area (Å²) in [5.41, 5.74) is 2.53. The van der Waals surface area contributed by atoms with Crippen LogP contribution in [0.5, 0.6) is 23.0 Å². The van der Waals surface area contributed by atoms with E-state index in [1.807, 2.05) is 60.5 Å². The van der Waals surface area contributed by atoms with E-state index in [9.17, 15) is 4.79 Å². The van der Waals surface area contributed by atoms with Crippen LogP contribution < -0.4 is 23.8 Å². The lowest BCUT2D eigenvalue weighted by Gasteiger charge is -2.34. The summed E-state index contributed by atoms with van der Waals surface area (Å²) in [6.45, 7) is 6.03. The highest BCUT2D eigenvalue weighted by molar-refractivity contribution is 5.92. The minimum Gasteiger partial charge on any atom is -0.496 e. The fourth-order valence-electron chi connectivity index (χ4n) is 5.56. The van der Waals surface area contributed by atoms with E-state index < -0.39 is 0 Å². The fourth-order valence-corrected chi connectivity index (χ4v) is 5.56. The van der Waals surface area contributed by atoms with E-state index in [1.165, 1.54) is 0 Å². The van der Waals surface area contributed by atoms with Crippen LogP contribution in [-0.4, -0.2) is 85.4 Å². The van der Waals surface area contributed by atoms with Crippen LogP contribution in [0.4, 0.5) is 5.82 Å². The molecule has 4 heterocycles. The summed E-state index contributed by atoms with van der Waals surface area (Å²) in [5, 5.41) is 5.28. The lowest BCUT2D eigenvalue weighted by atomic mass is 10.1. The number of benzene rings is 2. The molecular formula is C32H37N5O6. The number of fused-ring (bicyclic) bond motifs is 2. The normalized spacial score (nSPS) is 16.3. The highest BCUT2D eigenvalue weighted by Crippen LogP contribution is 2.36. The number of carbonyl (C=O) groups excluding carboxylic acids is 1. The van der Waals surface area contributed by atoms with Gasteiger partial charge in [-0.25, -0.2) is 4.98 Å². The molecule has 0 spiro atoms. The van der Waals surface area contributed by atoms with Gasteiger partial charge < -0.3 is 33.5 Å². The zero-order chi connectivity index (χ0) is 29.8. The highest BCUT2D eigenvalue weighted by Gasteiger charge is 2.28. The van der Waals surface area contributed by atoms with E-state index in [0.29, 0.717) is 81.1 Å². The molecule has 11 nitrogen and oxygen atoms in total. The lowest BCUT2D eigenvalue weighted by Crippen LogP contribution is -2.44. The Bertz CT molecular complexity index is 1580. The van der Waals surface area contributed by atoms with Crippen molar-refractivity contribution in [1.29, 1.82) is 0 Å². The van der Waals surface area contributed by atoms with Gasteiger partial charge in [0.05, 0.1) is 39.7 Å². The number of aromatic nitrogens is 3. The molecule has 4 aromatic rings. The van der Waals surface area contributed by atoms with Crippen LogP contribution in [0, 0.1) is 6.92 Å². The molecule has 6 rings (SSSR count). The number of hydrogen-bond acceptors (Lipinski definition) is 9. The van der Waals surface area contributed by atoms with Gasteiger partial charge in [0.2, 0.25) is 5.91 Å². The largest absolute Gasteiger partial charge is 0.496 e. The molecule has 0 aliphatic carbocycles. The third-order valence-corrected chi connectivity index (χ3v) is 7.75. The Morgan fingerprint density at radius 3 is 2.56 bits per heavy atom. The average molecular weight is 588 g/mol. The Kier molecular flexibility index (Phi) is 8.50. The number of hydrogen-bond donors (Lipinski definition) is 0. The third kappa shape index (κ3) is 6.31. The molecule has 0 saturated carbocycles. The van der Waals surface area contributed by atoms with Crippen LogP contribution in [0.3, 0.4) is 0 Å². The number of ether oxygens (including phenoxy) is 5. The van der Waals surface area contributed by atoms with Crippen LogP contribution in [0.25, 0.3) is 10.9 Å². The van der Waals surface area contributed by atoms with Crippen molar-refractivity contribution in [2.75, 3.05) is 58.6 Å². The molecule has 11 heteroatoms. The molecule has 226 valence electrons. The molecule has 0 unspecified atom stereocenters. The molecule has 0 N–H and O–H groups in total.